The molecule has 684 valence electrons. The van der Waals surface area contributed by atoms with E-state index in [9.17, 15) is 40.7 Å². The highest BCUT2D eigenvalue weighted by Gasteiger charge is 2.42. The molecule has 12 heterocycles. The van der Waals surface area contributed by atoms with Crippen LogP contribution in [0, 0.1) is 70.5 Å². The van der Waals surface area contributed by atoms with Crippen LogP contribution in [-0.2, 0) is 58.0 Å². The number of methoxy groups -OCH3 is 1. The molecule has 30 nitrogen and oxygen atoms in total. The number of nitriles is 5. The standard InChI is InChI=1S/C102H112ClN23O7/c1-66-15-7-17-68-18-10-23-88(94(66)68)118-39-30-81-85(60-118)109-101(113-97(81)121-42-45-124(75(57-121)27-35-106)91(127)24-11-33-104)132-64-79-51-73(55-116(79)4)71-49-69-19-8-16-67(2)95(69)89(53-71)119-40-31-82-86(61-119)111-102(114-99(82)122-43-46-125(76(58-122)28-36-107)92(128)25-12-34-105)133-65-80-52-74(56-117(80)5)72-50-70-20-9-22-84(103)96(70)90(54-72)120-41-32-83-87(62-120)110-100(131-63-78-21-13-38-115(78)3)112-98(83)123-44-47-126(77(59-123)29-37-108)93(129)26-14-48-130-6/h7-12,14-20,22-26,49-50,53-54,73-80H,13,21,27-32,38-48,51-52,55-65H2,1-6H3/b24-11+,25-12-,26-14+/t73?,74?,75-,76-,77-,78-,79-,80-/m0/s1. The lowest BCUT2D eigenvalue weighted by atomic mass is 9.91. The first-order chi connectivity index (χ1) is 64.8. The number of likely N-dealkylation sites (tertiary alicyclic amines) is 3. The third-order valence-electron chi connectivity index (χ3n) is 28.8. The molecule has 2 unspecified atom stereocenters. The molecular weight excluding hydrogens is 1690 g/mol. The van der Waals surface area contributed by atoms with E-state index in [2.05, 4.69) is 182 Å². The van der Waals surface area contributed by atoms with Crippen LogP contribution in [0.15, 0.2) is 134 Å². The number of hydrogen-bond donors (Lipinski definition) is 0. The van der Waals surface area contributed by atoms with E-state index in [0.717, 1.165) is 142 Å². The van der Waals surface area contributed by atoms with E-state index in [1.54, 1.807) is 27.9 Å². The van der Waals surface area contributed by atoms with Gasteiger partial charge in [0.2, 0.25) is 17.7 Å². The van der Waals surface area contributed by atoms with Gasteiger partial charge in [-0.2, -0.15) is 56.2 Å². The van der Waals surface area contributed by atoms with Crippen LogP contribution in [-0.4, -0.2) is 266 Å². The summed E-state index contributed by atoms with van der Waals surface area (Å²) in [6.07, 6.45) is 14.1. The van der Waals surface area contributed by atoms with Crippen LogP contribution < -0.4 is 43.6 Å². The lowest BCUT2D eigenvalue weighted by Crippen LogP contribution is -2.55. The fourth-order valence-electron chi connectivity index (χ4n) is 21.8. The Kier molecular flexibility index (Phi) is 27.2. The molecule has 9 aliphatic heterocycles. The number of benzene rings is 6. The van der Waals surface area contributed by atoms with E-state index in [1.165, 1.54) is 63.2 Å². The number of fused-ring (bicyclic) bond motifs is 6. The Bertz CT molecular complexity index is 6270. The second-order valence-electron chi connectivity index (χ2n) is 36.8. The number of aryl methyl sites for hydroxylation is 2. The maximum atomic E-state index is 13.7. The summed E-state index contributed by atoms with van der Waals surface area (Å²) in [6, 6.07) is 45.5. The molecule has 9 aromatic rings. The van der Waals surface area contributed by atoms with Crippen molar-refractivity contribution in [2.75, 3.05) is 182 Å². The molecule has 8 atom stereocenters. The summed E-state index contributed by atoms with van der Waals surface area (Å²) in [7, 11) is 8.04. The molecule has 0 bridgehead atoms. The monoisotopic (exact) mass is 1810 g/mol. The topological polar surface area (TPSA) is 323 Å². The summed E-state index contributed by atoms with van der Waals surface area (Å²) in [6.45, 7) is 15.3. The smallest absolute Gasteiger partial charge is 0.318 e. The molecule has 133 heavy (non-hydrogen) atoms. The van der Waals surface area contributed by atoms with E-state index in [-0.39, 0.29) is 85.0 Å². The van der Waals surface area contributed by atoms with Crippen LogP contribution >= 0.6 is 11.6 Å². The average molecular weight is 1810 g/mol. The maximum absolute atomic E-state index is 13.7. The van der Waals surface area contributed by atoms with E-state index in [4.69, 9.17) is 60.5 Å². The molecule has 31 heteroatoms. The summed E-state index contributed by atoms with van der Waals surface area (Å²) in [5, 5.41) is 56.6. The van der Waals surface area contributed by atoms with Gasteiger partial charge in [-0.25, -0.2) is 0 Å². The Morgan fingerprint density at radius 3 is 1.28 bits per heavy atom. The molecule has 0 N–H and O–H groups in total. The number of amides is 3. The van der Waals surface area contributed by atoms with Gasteiger partial charge in [0.1, 0.15) is 37.3 Å². The van der Waals surface area contributed by atoms with Gasteiger partial charge in [-0.15, -0.1) is 0 Å². The van der Waals surface area contributed by atoms with E-state index in [0.29, 0.717) is 148 Å². The summed E-state index contributed by atoms with van der Waals surface area (Å²) in [4.78, 5) is 98.6. The molecule has 0 aliphatic carbocycles. The minimum Gasteiger partial charge on any atom is -0.462 e. The quantitative estimate of drug-likeness (QED) is 0.0379. The van der Waals surface area contributed by atoms with Crippen molar-refractivity contribution >= 4 is 96.2 Å². The van der Waals surface area contributed by atoms with Crippen molar-refractivity contribution in [3.05, 3.63) is 195 Å². The van der Waals surface area contributed by atoms with Gasteiger partial charge in [0, 0.05) is 197 Å². The van der Waals surface area contributed by atoms with Crippen molar-refractivity contribution in [2.24, 2.45) is 0 Å². The number of ether oxygens (including phenoxy) is 4. The number of piperazine rings is 3. The lowest BCUT2D eigenvalue weighted by Gasteiger charge is -2.42. The number of carbonyl (C=O) groups is 3. The number of carbonyl (C=O) groups excluding carboxylic acids is 3. The van der Waals surface area contributed by atoms with Crippen molar-refractivity contribution in [2.45, 2.75) is 146 Å². The van der Waals surface area contributed by atoms with Gasteiger partial charge in [0.05, 0.1) is 116 Å². The minimum atomic E-state index is -0.478. The third kappa shape index (κ3) is 19.0. The fraction of sp³-hybridized carbons (Fsp3) is 0.451. The van der Waals surface area contributed by atoms with Gasteiger partial charge in [0.15, 0.2) is 0 Å². The lowest BCUT2D eigenvalue weighted by molar-refractivity contribution is -0.129. The summed E-state index contributed by atoms with van der Waals surface area (Å²) < 4.78 is 25.7. The first kappa shape index (κ1) is 90.3. The second kappa shape index (κ2) is 40.1. The normalized spacial score (nSPS) is 21.9. The Balaban J connectivity index is 0.609. The number of anilines is 6. The highest BCUT2D eigenvalue weighted by Crippen LogP contribution is 2.46. The van der Waals surface area contributed by atoms with Crippen LogP contribution in [0.2, 0.25) is 5.02 Å². The molecular formula is C102H112ClN23O7. The zero-order valence-electron chi connectivity index (χ0n) is 76.5. The number of aromatic nitrogens is 6. The van der Waals surface area contributed by atoms with Crippen LogP contribution in [0.25, 0.3) is 32.3 Å². The van der Waals surface area contributed by atoms with E-state index in [1.807, 2.05) is 24.3 Å². The molecule has 0 spiro atoms. The molecule has 6 fully saturated rings. The molecule has 9 aliphatic rings. The van der Waals surface area contributed by atoms with Gasteiger partial charge in [-0.1, -0.05) is 90.5 Å². The van der Waals surface area contributed by atoms with Crippen LogP contribution in [0.5, 0.6) is 18.0 Å². The Labute approximate surface area is 781 Å². The predicted molar refractivity (Wildman–Crippen MR) is 511 cm³/mol. The van der Waals surface area contributed by atoms with Crippen LogP contribution in [0.1, 0.15) is 113 Å². The molecule has 0 saturated carbocycles. The van der Waals surface area contributed by atoms with Crippen molar-refractivity contribution in [1.29, 1.82) is 26.3 Å². The Hall–Kier alpha value is -13.3. The summed E-state index contributed by atoms with van der Waals surface area (Å²) in [5.41, 5.74) is 13.6. The summed E-state index contributed by atoms with van der Waals surface area (Å²) in [5.74, 6) is 1.72. The molecule has 3 aromatic heterocycles. The highest BCUT2D eigenvalue weighted by atomic mass is 35.5. The molecule has 3 amide bonds. The summed E-state index contributed by atoms with van der Waals surface area (Å²) >= 11 is 7.33. The number of rotatable bonds is 25. The molecule has 6 aromatic carbocycles. The van der Waals surface area contributed by atoms with Crippen molar-refractivity contribution in [3.8, 4) is 48.4 Å². The Morgan fingerprint density at radius 1 is 0.436 bits per heavy atom. The van der Waals surface area contributed by atoms with Crippen molar-refractivity contribution in [1.82, 2.24) is 59.3 Å². The molecule has 6 saturated heterocycles. The first-order valence-electron chi connectivity index (χ1n) is 46.6. The first-order valence-corrected chi connectivity index (χ1v) is 46.9. The zero-order valence-corrected chi connectivity index (χ0v) is 77.2. The second-order valence-corrected chi connectivity index (χ2v) is 37.3. The number of allylic oxidation sites excluding steroid dienone is 2. The predicted octanol–water partition coefficient (Wildman–Crippen LogP) is 11.8. The minimum absolute atomic E-state index is 0.00277. The fourth-order valence-corrected chi connectivity index (χ4v) is 22.1. The number of nitrogens with zero attached hydrogens (tertiary/aromatic N) is 23. The SMILES string of the molecule is COC/C=C/C(=O)N1CCN(c2nc(OC[C@@H]3CCCN3C)nc3c2CCN(c2cc(C4C[C@@H](COc5nc6c(c(N7CCN(C(=O)/C=C\C#N)[C@@H](CC#N)C7)n5)CCN(c5cc(C7C[C@@H](COc8nc9c(c(N%10CCN(C(=O)/C=C/C#N)[C@@H](CC#N)C%10)n8)CCN(c8cccc%10cccc(C)c8%10)C9)N(C)C7)cc7cccc(C)c57)C6)N(C)C4)cc4cccc(Cl)c24)C3)C[C@@H]1CC#N. The van der Waals surface area contributed by atoms with Gasteiger partial charge >= 0.3 is 18.0 Å². The molecule has 18 rings (SSSR count). The maximum Gasteiger partial charge on any atom is 0.318 e. The van der Waals surface area contributed by atoms with Gasteiger partial charge < -0.3 is 67.9 Å². The van der Waals surface area contributed by atoms with Crippen molar-refractivity contribution in [3.63, 3.8) is 0 Å². The largest absolute Gasteiger partial charge is 0.462 e. The van der Waals surface area contributed by atoms with Gasteiger partial charge in [-0.3, -0.25) is 24.2 Å². The number of likely N-dealkylation sites (N-methyl/N-ethyl adjacent to an activating group) is 3. The number of hydrogen-bond acceptors (Lipinski definition) is 27. The number of halogens is 1. The highest BCUT2D eigenvalue weighted by molar-refractivity contribution is 6.36. The van der Waals surface area contributed by atoms with Gasteiger partial charge in [-0.05, 0) is 161 Å². The molecule has 0 radical (unpaired) electrons. The zero-order chi connectivity index (χ0) is 92.1. The van der Waals surface area contributed by atoms with Crippen LogP contribution in [0.4, 0.5) is 34.5 Å². The van der Waals surface area contributed by atoms with Crippen LogP contribution in [0.3, 0.4) is 0 Å². The average Bonchev–Trinajstić information content (AvgIpc) is 1.67. The van der Waals surface area contributed by atoms with Gasteiger partial charge in [0.25, 0.3) is 0 Å². The van der Waals surface area contributed by atoms with E-state index >= 15 is 0 Å². The third-order valence-corrected chi connectivity index (χ3v) is 29.1. The van der Waals surface area contributed by atoms with E-state index < -0.39 is 12.1 Å². The Morgan fingerprint density at radius 2 is 0.842 bits per heavy atom. The van der Waals surface area contributed by atoms with Crippen molar-refractivity contribution < 1.29 is 33.3 Å².